The molecule has 1 unspecified atom stereocenters. The zero-order valence-electron chi connectivity index (χ0n) is 13.9. The highest BCUT2D eigenvalue weighted by Crippen LogP contribution is 2.14. The molecule has 1 aromatic rings. The lowest BCUT2D eigenvalue weighted by molar-refractivity contribution is -0.141. The van der Waals surface area contributed by atoms with Crippen LogP contribution in [0, 0.1) is 13.8 Å². The maximum atomic E-state index is 11.6. The van der Waals surface area contributed by atoms with Crippen LogP contribution >= 0.6 is 0 Å². The number of benzene rings is 1. The van der Waals surface area contributed by atoms with Crippen LogP contribution in [-0.2, 0) is 16.0 Å². The van der Waals surface area contributed by atoms with E-state index >= 15 is 0 Å². The Morgan fingerprint density at radius 1 is 1.29 bits per heavy atom. The van der Waals surface area contributed by atoms with E-state index in [0.29, 0.717) is 6.42 Å². The predicted octanol–water partition coefficient (Wildman–Crippen LogP) is 3.56. The molecule has 1 atom stereocenters. The van der Waals surface area contributed by atoms with Gasteiger partial charge in [0.2, 0.25) is 0 Å². The Labute approximate surface area is 129 Å². The average Bonchev–Trinajstić information content (AvgIpc) is 2.47. The quantitative estimate of drug-likeness (QED) is 0.558. The molecule has 1 N–H and O–H groups in total. The fraction of sp³-hybridized carbons (Fsp3) is 0.611. The summed E-state index contributed by atoms with van der Waals surface area (Å²) >= 11 is 0. The molecule has 0 saturated carbocycles. The molecular formula is C18H29NO2. The number of nitrogens with one attached hydrogen (secondary N) is 1. The molecule has 0 fully saturated rings. The maximum Gasteiger partial charge on any atom is 0.307 e. The lowest BCUT2D eigenvalue weighted by Crippen LogP contribution is -2.34. The molecule has 0 aromatic heterocycles. The first-order valence-electron chi connectivity index (χ1n) is 7.93. The number of ether oxygens (including phenoxy) is 1. The van der Waals surface area contributed by atoms with Crippen molar-refractivity contribution < 1.29 is 9.53 Å². The van der Waals surface area contributed by atoms with Gasteiger partial charge >= 0.3 is 5.97 Å². The van der Waals surface area contributed by atoms with Crippen molar-refractivity contribution >= 4 is 5.97 Å². The normalized spacial score (nSPS) is 12.2. The third kappa shape index (κ3) is 6.76. The molecule has 21 heavy (non-hydrogen) atoms. The summed E-state index contributed by atoms with van der Waals surface area (Å²) in [5.41, 5.74) is 3.86. The van der Waals surface area contributed by atoms with Gasteiger partial charge in [0.25, 0.3) is 0 Å². The van der Waals surface area contributed by atoms with Crippen LogP contribution in [0.15, 0.2) is 18.2 Å². The second-order valence-electron chi connectivity index (χ2n) is 5.77. The molecule has 118 valence electrons. The number of carbonyl (C=O) groups is 1. The number of unbranched alkanes of at least 4 members (excludes halogenated alkanes) is 2. The Hall–Kier alpha value is -1.35. The van der Waals surface area contributed by atoms with Crippen molar-refractivity contribution in [1.82, 2.24) is 5.32 Å². The van der Waals surface area contributed by atoms with Crippen LogP contribution in [0.5, 0.6) is 0 Å². The lowest BCUT2D eigenvalue weighted by atomic mass is 9.97. The fourth-order valence-corrected chi connectivity index (χ4v) is 2.47. The number of hydrogen-bond acceptors (Lipinski definition) is 3. The van der Waals surface area contributed by atoms with E-state index in [1.807, 2.05) is 0 Å². The second-order valence-corrected chi connectivity index (χ2v) is 5.77. The molecule has 0 heterocycles. The van der Waals surface area contributed by atoms with Gasteiger partial charge in [-0.05, 0) is 44.4 Å². The number of esters is 1. The van der Waals surface area contributed by atoms with Crippen LogP contribution in [0.4, 0.5) is 0 Å². The maximum absolute atomic E-state index is 11.6. The van der Waals surface area contributed by atoms with Crippen LogP contribution < -0.4 is 5.32 Å². The standard InChI is InChI=1S/C18H29NO2/c1-5-6-7-10-19-17(13-18(20)21-4)12-16-11-14(2)8-9-15(16)3/h8-9,11,17,19H,5-7,10,12-13H2,1-4H3. The van der Waals surface area contributed by atoms with E-state index in [1.165, 1.54) is 36.6 Å². The summed E-state index contributed by atoms with van der Waals surface area (Å²) in [6, 6.07) is 6.64. The smallest absolute Gasteiger partial charge is 0.307 e. The zero-order valence-corrected chi connectivity index (χ0v) is 13.9. The highest BCUT2D eigenvalue weighted by atomic mass is 16.5. The summed E-state index contributed by atoms with van der Waals surface area (Å²) in [7, 11) is 1.45. The van der Waals surface area contributed by atoms with Gasteiger partial charge in [-0.1, -0.05) is 43.5 Å². The number of methoxy groups -OCH3 is 1. The summed E-state index contributed by atoms with van der Waals surface area (Å²) in [4.78, 5) is 11.6. The molecule has 0 aliphatic rings. The highest BCUT2D eigenvalue weighted by Gasteiger charge is 2.15. The van der Waals surface area contributed by atoms with Gasteiger partial charge in [-0.2, -0.15) is 0 Å². The van der Waals surface area contributed by atoms with Crippen molar-refractivity contribution in [2.75, 3.05) is 13.7 Å². The first-order valence-corrected chi connectivity index (χ1v) is 7.93. The summed E-state index contributed by atoms with van der Waals surface area (Å²) in [5.74, 6) is -0.145. The fourth-order valence-electron chi connectivity index (χ4n) is 2.47. The van der Waals surface area contributed by atoms with Gasteiger partial charge in [0, 0.05) is 6.04 Å². The van der Waals surface area contributed by atoms with Crippen molar-refractivity contribution in [2.45, 2.75) is 58.9 Å². The van der Waals surface area contributed by atoms with Crippen molar-refractivity contribution in [3.63, 3.8) is 0 Å². The lowest BCUT2D eigenvalue weighted by Gasteiger charge is -2.19. The number of carbonyl (C=O) groups excluding carboxylic acids is 1. The van der Waals surface area contributed by atoms with Gasteiger partial charge in [0.1, 0.15) is 0 Å². The zero-order chi connectivity index (χ0) is 15.7. The number of aryl methyl sites for hydroxylation is 2. The Balaban J connectivity index is 2.66. The third-order valence-corrected chi connectivity index (χ3v) is 3.83. The SMILES string of the molecule is CCCCCNC(CC(=O)OC)Cc1cc(C)ccc1C. The molecule has 0 aliphatic carbocycles. The van der Waals surface area contributed by atoms with Crippen LogP contribution in [0.25, 0.3) is 0 Å². The molecule has 3 nitrogen and oxygen atoms in total. The molecule has 0 amide bonds. The highest BCUT2D eigenvalue weighted by molar-refractivity contribution is 5.70. The van der Waals surface area contributed by atoms with Gasteiger partial charge in [-0.15, -0.1) is 0 Å². The Bertz CT molecular complexity index is 443. The molecule has 0 spiro atoms. The van der Waals surface area contributed by atoms with E-state index in [0.717, 1.165) is 19.4 Å². The van der Waals surface area contributed by atoms with Gasteiger partial charge in [-0.25, -0.2) is 0 Å². The Morgan fingerprint density at radius 2 is 2.05 bits per heavy atom. The monoisotopic (exact) mass is 291 g/mol. The summed E-state index contributed by atoms with van der Waals surface area (Å²) in [5, 5.41) is 3.51. The van der Waals surface area contributed by atoms with Gasteiger partial charge in [-0.3, -0.25) is 4.79 Å². The first kappa shape index (κ1) is 17.7. The third-order valence-electron chi connectivity index (χ3n) is 3.83. The summed E-state index contributed by atoms with van der Waals surface area (Å²) < 4.78 is 4.82. The van der Waals surface area contributed by atoms with Crippen molar-refractivity contribution in [2.24, 2.45) is 0 Å². The summed E-state index contributed by atoms with van der Waals surface area (Å²) in [6.07, 6.45) is 4.88. The van der Waals surface area contributed by atoms with Gasteiger partial charge < -0.3 is 10.1 Å². The van der Waals surface area contributed by atoms with Crippen molar-refractivity contribution in [3.8, 4) is 0 Å². The van der Waals surface area contributed by atoms with E-state index in [4.69, 9.17) is 4.74 Å². The van der Waals surface area contributed by atoms with E-state index < -0.39 is 0 Å². The molecule has 3 heteroatoms. The van der Waals surface area contributed by atoms with Crippen LogP contribution in [0.3, 0.4) is 0 Å². The topological polar surface area (TPSA) is 38.3 Å². The molecule has 0 bridgehead atoms. The van der Waals surface area contributed by atoms with Crippen LogP contribution in [0.1, 0.15) is 49.3 Å². The number of hydrogen-bond donors (Lipinski definition) is 1. The largest absolute Gasteiger partial charge is 0.469 e. The minimum absolute atomic E-state index is 0.145. The first-order chi connectivity index (χ1) is 10.1. The minimum atomic E-state index is -0.145. The van der Waals surface area contributed by atoms with E-state index in [2.05, 4.69) is 44.3 Å². The van der Waals surface area contributed by atoms with E-state index in [9.17, 15) is 4.79 Å². The van der Waals surface area contributed by atoms with Gasteiger partial charge in [0.15, 0.2) is 0 Å². The van der Waals surface area contributed by atoms with Crippen molar-refractivity contribution in [1.29, 1.82) is 0 Å². The molecule has 1 rings (SSSR count). The van der Waals surface area contributed by atoms with Crippen molar-refractivity contribution in [3.05, 3.63) is 34.9 Å². The Morgan fingerprint density at radius 3 is 2.71 bits per heavy atom. The summed E-state index contributed by atoms with van der Waals surface area (Å²) in [6.45, 7) is 7.39. The van der Waals surface area contributed by atoms with Crippen LogP contribution in [-0.4, -0.2) is 25.7 Å². The molecule has 1 aromatic carbocycles. The average molecular weight is 291 g/mol. The molecular weight excluding hydrogens is 262 g/mol. The van der Waals surface area contributed by atoms with E-state index in [1.54, 1.807) is 0 Å². The Kier molecular flexibility index (Phi) is 8.06. The predicted molar refractivity (Wildman–Crippen MR) is 87.6 cm³/mol. The van der Waals surface area contributed by atoms with Crippen LogP contribution in [0.2, 0.25) is 0 Å². The molecule has 0 saturated heterocycles. The molecule has 0 radical (unpaired) electrons. The minimum Gasteiger partial charge on any atom is -0.469 e. The van der Waals surface area contributed by atoms with Gasteiger partial charge in [0.05, 0.1) is 13.5 Å². The molecule has 0 aliphatic heterocycles. The number of rotatable bonds is 9. The second kappa shape index (κ2) is 9.56. The van der Waals surface area contributed by atoms with E-state index in [-0.39, 0.29) is 12.0 Å².